The second-order valence-electron chi connectivity index (χ2n) is 3.15. The number of hydrogen-bond acceptors (Lipinski definition) is 3. The van der Waals surface area contributed by atoms with Crippen LogP contribution >= 0.6 is 11.5 Å². The molecule has 0 aliphatic carbocycles. The maximum Gasteiger partial charge on any atom is 0.0687 e. The molecule has 0 fully saturated rings. The second-order valence-corrected chi connectivity index (χ2v) is 4.07. The summed E-state index contributed by atoms with van der Waals surface area (Å²) in [6.07, 6.45) is 2.57. The fraction of sp³-hybridized carbons (Fsp3) is 0.500. The van der Waals surface area contributed by atoms with Crippen molar-refractivity contribution in [1.82, 2.24) is 4.37 Å². The number of rotatable bonds is 2. The Morgan fingerprint density at radius 1 is 1.73 bits per heavy atom. The molecule has 0 saturated heterocycles. The molecule has 0 aliphatic rings. The van der Waals surface area contributed by atoms with Gasteiger partial charge in [-0.15, -0.1) is 0 Å². The lowest BCUT2D eigenvalue weighted by Crippen LogP contribution is -2.10. The zero-order chi connectivity index (χ0) is 8.32. The molecule has 0 saturated carbocycles. The van der Waals surface area contributed by atoms with E-state index in [1.165, 1.54) is 16.4 Å². The van der Waals surface area contributed by atoms with Crippen LogP contribution in [0.5, 0.6) is 0 Å². The molecule has 0 spiro atoms. The van der Waals surface area contributed by atoms with Crippen molar-refractivity contribution in [2.24, 2.45) is 5.41 Å². The summed E-state index contributed by atoms with van der Waals surface area (Å²) in [4.78, 5) is 1.18. The minimum atomic E-state index is -0.257. The van der Waals surface area contributed by atoms with Gasteiger partial charge in [0, 0.05) is 17.5 Å². The van der Waals surface area contributed by atoms with Crippen LogP contribution in [0.2, 0.25) is 0 Å². The van der Waals surface area contributed by atoms with Crippen LogP contribution < -0.4 is 0 Å². The van der Waals surface area contributed by atoms with Crippen LogP contribution in [0.25, 0.3) is 0 Å². The Balaban J connectivity index is 2.65. The number of nitriles is 1. The molecule has 0 bridgehead atoms. The highest BCUT2D eigenvalue weighted by Gasteiger charge is 2.17. The van der Waals surface area contributed by atoms with E-state index < -0.39 is 0 Å². The molecule has 11 heavy (non-hydrogen) atoms. The maximum atomic E-state index is 8.73. The molecule has 0 aliphatic heterocycles. The zero-order valence-electron chi connectivity index (χ0n) is 6.66. The lowest BCUT2D eigenvalue weighted by Gasteiger charge is -2.11. The third kappa shape index (κ3) is 2.32. The van der Waals surface area contributed by atoms with E-state index in [0.717, 1.165) is 6.42 Å². The van der Waals surface area contributed by atoms with Crippen molar-refractivity contribution < 1.29 is 0 Å². The largest absolute Gasteiger partial charge is 0.201 e. The van der Waals surface area contributed by atoms with Gasteiger partial charge < -0.3 is 0 Å². The summed E-state index contributed by atoms with van der Waals surface area (Å²) in [5.74, 6) is 0. The van der Waals surface area contributed by atoms with E-state index in [2.05, 4.69) is 10.4 Å². The minimum Gasteiger partial charge on any atom is -0.201 e. The average Bonchev–Trinajstić information content (AvgIpc) is 2.39. The van der Waals surface area contributed by atoms with E-state index in [9.17, 15) is 0 Å². The van der Waals surface area contributed by atoms with Gasteiger partial charge in [-0.05, 0) is 31.4 Å². The van der Waals surface area contributed by atoms with Crippen molar-refractivity contribution in [2.45, 2.75) is 20.3 Å². The lowest BCUT2D eigenvalue weighted by atomic mass is 9.91. The van der Waals surface area contributed by atoms with Gasteiger partial charge in [-0.25, -0.2) is 4.37 Å². The molecule has 3 heteroatoms. The van der Waals surface area contributed by atoms with Crippen LogP contribution in [-0.2, 0) is 6.42 Å². The van der Waals surface area contributed by atoms with Crippen molar-refractivity contribution in [1.29, 1.82) is 5.26 Å². The molecule has 1 rings (SSSR count). The number of nitrogens with zero attached hydrogens (tertiary/aromatic N) is 2. The van der Waals surface area contributed by atoms with E-state index in [1.54, 1.807) is 6.20 Å². The fourth-order valence-electron chi connectivity index (χ4n) is 0.808. The Morgan fingerprint density at radius 2 is 2.45 bits per heavy atom. The first-order chi connectivity index (χ1) is 5.14. The molecule has 1 heterocycles. The minimum absolute atomic E-state index is 0.257. The highest BCUT2D eigenvalue weighted by Crippen LogP contribution is 2.21. The van der Waals surface area contributed by atoms with Gasteiger partial charge in [-0.3, -0.25) is 0 Å². The van der Waals surface area contributed by atoms with Crippen LogP contribution in [0.3, 0.4) is 0 Å². The van der Waals surface area contributed by atoms with Crippen molar-refractivity contribution in [3.05, 3.63) is 17.1 Å². The molecule has 2 nitrogen and oxygen atoms in total. The van der Waals surface area contributed by atoms with Crippen LogP contribution in [-0.4, -0.2) is 4.37 Å². The Bertz CT molecular complexity index is 256. The Kier molecular flexibility index (Phi) is 2.25. The highest BCUT2D eigenvalue weighted by molar-refractivity contribution is 7.05. The normalized spacial score (nSPS) is 11.0. The van der Waals surface area contributed by atoms with Gasteiger partial charge in [0.25, 0.3) is 0 Å². The van der Waals surface area contributed by atoms with E-state index in [-0.39, 0.29) is 5.41 Å². The summed E-state index contributed by atoms with van der Waals surface area (Å²) in [5.41, 5.74) is -0.257. The number of aromatic nitrogens is 1. The van der Waals surface area contributed by atoms with Gasteiger partial charge in [0.15, 0.2) is 0 Å². The second kappa shape index (κ2) is 3.02. The molecule has 1 aromatic rings. The quantitative estimate of drug-likeness (QED) is 0.675. The summed E-state index contributed by atoms with van der Waals surface area (Å²) in [6.45, 7) is 3.87. The monoisotopic (exact) mass is 166 g/mol. The summed E-state index contributed by atoms with van der Waals surface area (Å²) >= 11 is 1.46. The van der Waals surface area contributed by atoms with E-state index in [1.807, 2.05) is 19.9 Å². The summed E-state index contributed by atoms with van der Waals surface area (Å²) in [5, 5.41) is 8.73. The first kappa shape index (κ1) is 8.22. The first-order valence-corrected chi connectivity index (χ1v) is 4.22. The maximum absolute atomic E-state index is 8.73. The van der Waals surface area contributed by atoms with Crippen molar-refractivity contribution >= 4 is 11.5 Å². The topological polar surface area (TPSA) is 36.7 Å². The third-order valence-corrected chi connectivity index (χ3v) is 2.15. The summed E-state index contributed by atoms with van der Waals surface area (Å²) in [7, 11) is 0. The Hall–Kier alpha value is -0.880. The SMILES string of the molecule is CC(C)(C#N)Cc1ccns1. The molecule has 0 unspecified atom stereocenters. The van der Waals surface area contributed by atoms with E-state index in [0.29, 0.717) is 0 Å². The third-order valence-electron chi connectivity index (χ3n) is 1.41. The molecular weight excluding hydrogens is 156 g/mol. The van der Waals surface area contributed by atoms with Gasteiger partial charge in [-0.1, -0.05) is 0 Å². The van der Waals surface area contributed by atoms with Gasteiger partial charge in [0.05, 0.1) is 11.5 Å². The van der Waals surface area contributed by atoms with E-state index in [4.69, 9.17) is 5.26 Å². The smallest absolute Gasteiger partial charge is 0.0687 e. The zero-order valence-corrected chi connectivity index (χ0v) is 7.48. The van der Waals surface area contributed by atoms with Crippen LogP contribution in [0.4, 0.5) is 0 Å². The molecule has 0 N–H and O–H groups in total. The molecule has 1 aromatic heterocycles. The summed E-state index contributed by atoms with van der Waals surface area (Å²) < 4.78 is 3.97. The van der Waals surface area contributed by atoms with Crippen LogP contribution in [0.15, 0.2) is 12.3 Å². The van der Waals surface area contributed by atoms with Crippen molar-refractivity contribution in [2.75, 3.05) is 0 Å². The molecule has 58 valence electrons. The van der Waals surface area contributed by atoms with Crippen molar-refractivity contribution in [3.8, 4) is 6.07 Å². The van der Waals surface area contributed by atoms with Gasteiger partial charge in [0.2, 0.25) is 0 Å². The predicted molar refractivity (Wildman–Crippen MR) is 45.2 cm³/mol. The molecule has 0 radical (unpaired) electrons. The van der Waals surface area contributed by atoms with Gasteiger partial charge in [-0.2, -0.15) is 5.26 Å². The fourth-order valence-corrected chi connectivity index (χ4v) is 1.61. The standard InChI is InChI=1S/C8H10N2S/c1-8(2,6-9)5-7-3-4-10-11-7/h3-4H,5H2,1-2H3. The molecule has 0 aromatic carbocycles. The molecular formula is C8H10N2S. The van der Waals surface area contributed by atoms with Gasteiger partial charge in [0.1, 0.15) is 0 Å². The molecule has 0 amide bonds. The van der Waals surface area contributed by atoms with Gasteiger partial charge >= 0.3 is 0 Å². The lowest BCUT2D eigenvalue weighted by molar-refractivity contribution is 0.498. The van der Waals surface area contributed by atoms with Crippen molar-refractivity contribution in [3.63, 3.8) is 0 Å². The van der Waals surface area contributed by atoms with Crippen LogP contribution in [0, 0.1) is 16.7 Å². The van der Waals surface area contributed by atoms with Crippen LogP contribution in [0.1, 0.15) is 18.7 Å². The average molecular weight is 166 g/mol. The Morgan fingerprint density at radius 3 is 2.91 bits per heavy atom. The molecule has 0 atom stereocenters. The first-order valence-electron chi connectivity index (χ1n) is 3.45. The number of hydrogen-bond donors (Lipinski definition) is 0. The summed E-state index contributed by atoms with van der Waals surface area (Å²) in [6, 6.07) is 4.22. The highest BCUT2D eigenvalue weighted by atomic mass is 32.1. The predicted octanol–water partition coefficient (Wildman–Crippen LogP) is 2.24. The Labute approximate surface area is 70.6 Å². The van der Waals surface area contributed by atoms with E-state index >= 15 is 0 Å².